The Morgan fingerprint density at radius 1 is 1.17 bits per heavy atom. The lowest BCUT2D eigenvalue weighted by atomic mass is 9.98. The first-order valence-corrected chi connectivity index (χ1v) is 9.42. The fourth-order valence-electron chi connectivity index (χ4n) is 2.74. The molecule has 0 unspecified atom stereocenters. The molecule has 1 aliphatic carbocycles. The molecular formula is C18H18ClNO3S. The second-order valence-corrected chi connectivity index (χ2v) is 7.86. The minimum Gasteiger partial charge on any atom is -0.495 e. The van der Waals surface area contributed by atoms with Gasteiger partial charge in [0.2, 0.25) is 0 Å². The summed E-state index contributed by atoms with van der Waals surface area (Å²) in [6.45, 7) is 1.82. The molecule has 0 atom stereocenters. The average Bonchev–Trinajstić information content (AvgIpc) is 2.57. The van der Waals surface area contributed by atoms with Crippen molar-refractivity contribution in [1.29, 1.82) is 0 Å². The Labute approximate surface area is 147 Å². The number of ether oxygens (including phenoxy) is 1. The lowest BCUT2D eigenvalue weighted by Crippen LogP contribution is -2.18. The van der Waals surface area contributed by atoms with Crippen molar-refractivity contribution >= 4 is 33.4 Å². The highest BCUT2D eigenvalue weighted by Gasteiger charge is 2.23. The Morgan fingerprint density at radius 3 is 2.67 bits per heavy atom. The van der Waals surface area contributed by atoms with E-state index < -0.39 is 10.0 Å². The number of nitrogens with one attached hydrogen (secondary N) is 1. The van der Waals surface area contributed by atoms with Gasteiger partial charge in [-0.25, -0.2) is 8.42 Å². The third kappa shape index (κ3) is 3.28. The number of sulfonamides is 1. The molecule has 126 valence electrons. The summed E-state index contributed by atoms with van der Waals surface area (Å²) in [4.78, 5) is 0.371. The Hall–Kier alpha value is -1.98. The molecule has 0 radical (unpaired) electrons. The summed E-state index contributed by atoms with van der Waals surface area (Å²) in [5, 5.41) is 0.528. The van der Waals surface area contributed by atoms with Gasteiger partial charge in [-0.15, -0.1) is 0 Å². The minimum absolute atomic E-state index is 0.371. The van der Waals surface area contributed by atoms with Gasteiger partial charge in [0, 0.05) is 11.1 Å². The van der Waals surface area contributed by atoms with Crippen LogP contribution in [0.3, 0.4) is 0 Å². The van der Waals surface area contributed by atoms with Crippen LogP contribution in [-0.4, -0.2) is 15.5 Å². The zero-order valence-electron chi connectivity index (χ0n) is 13.5. The standard InChI is InChI=1S/C18H18ClNO3S/c1-12-9-17(18(23-2)11-16(12)19)20-24(21,22)15-8-7-13-5-3-4-6-14(13)10-15/h3-6,9-11,20H,7-8H2,1-2H3. The van der Waals surface area contributed by atoms with Crippen molar-refractivity contribution in [2.45, 2.75) is 19.8 Å². The summed E-state index contributed by atoms with van der Waals surface area (Å²) in [5.74, 6) is 0.394. The molecule has 0 spiro atoms. The molecule has 24 heavy (non-hydrogen) atoms. The molecule has 1 aliphatic rings. The van der Waals surface area contributed by atoms with Gasteiger partial charge in [-0.2, -0.15) is 0 Å². The molecule has 0 saturated carbocycles. The van der Waals surface area contributed by atoms with Crippen molar-refractivity contribution < 1.29 is 13.2 Å². The lowest BCUT2D eigenvalue weighted by Gasteiger charge is -2.19. The molecule has 3 rings (SSSR count). The first-order chi connectivity index (χ1) is 11.4. The third-order valence-electron chi connectivity index (χ3n) is 4.08. The fraction of sp³-hybridized carbons (Fsp3) is 0.222. The highest BCUT2D eigenvalue weighted by molar-refractivity contribution is 7.96. The van der Waals surface area contributed by atoms with Crippen LogP contribution in [0.25, 0.3) is 6.08 Å². The maximum atomic E-state index is 12.8. The zero-order valence-corrected chi connectivity index (χ0v) is 15.0. The summed E-state index contributed by atoms with van der Waals surface area (Å²) < 4.78 is 33.4. The third-order valence-corrected chi connectivity index (χ3v) is 5.99. The number of hydrogen-bond donors (Lipinski definition) is 1. The Bertz CT molecular complexity index is 920. The maximum Gasteiger partial charge on any atom is 0.258 e. The van der Waals surface area contributed by atoms with Gasteiger partial charge in [0.25, 0.3) is 10.0 Å². The van der Waals surface area contributed by atoms with Crippen LogP contribution < -0.4 is 9.46 Å². The van der Waals surface area contributed by atoms with Crippen molar-refractivity contribution in [2.75, 3.05) is 11.8 Å². The van der Waals surface area contributed by atoms with Crippen LogP contribution in [0.4, 0.5) is 5.69 Å². The molecular weight excluding hydrogens is 346 g/mol. The largest absolute Gasteiger partial charge is 0.495 e. The van der Waals surface area contributed by atoms with Crippen molar-refractivity contribution in [3.8, 4) is 5.75 Å². The van der Waals surface area contributed by atoms with E-state index >= 15 is 0 Å². The monoisotopic (exact) mass is 363 g/mol. The van der Waals surface area contributed by atoms with E-state index in [0.29, 0.717) is 34.2 Å². The Kier molecular flexibility index (Phi) is 4.56. The number of rotatable bonds is 4. The highest BCUT2D eigenvalue weighted by atomic mass is 35.5. The fourth-order valence-corrected chi connectivity index (χ4v) is 4.13. The topological polar surface area (TPSA) is 55.4 Å². The smallest absolute Gasteiger partial charge is 0.258 e. The van der Waals surface area contributed by atoms with Crippen LogP contribution in [0.15, 0.2) is 41.3 Å². The van der Waals surface area contributed by atoms with Gasteiger partial charge >= 0.3 is 0 Å². The first-order valence-electron chi connectivity index (χ1n) is 7.56. The first kappa shape index (κ1) is 16.9. The highest BCUT2D eigenvalue weighted by Crippen LogP contribution is 2.34. The Morgan fingerprint density at radius 2 is 1.92 bits per heavy atom. The van der Waals surface area contributed by atoms with Crippen molar-refractivity contribution in [1.82, 2.24) is 0 Å². The van der Waals surface area contributed by atoms with Crippen LogP contribution >= 0.6 is 11.6 Å². The van der Waals surface area contributed by atoms with Crippen LogP contribution in [0.2, 0.25) is 5.02 Å². The van der Waals surface area contributed by atoms with E-state index in [4.69, 9.17) is 16.3 Å². The van der Waals surface area contributed by atoms with E-state index in [0.717, 1.165) is 16.7 Å². The van der Waals surface area contributed by atoms with Crippen molar-refractivity contribution in [3.63, 3.8) is 0 Å². The van der Waals surface area contributed by atoms with E-state index in [2.05, 4.69) is 4.72 Å². The van der Waals surface area contributed by atoms with E-state index in [9.17, 15) is 8.42 Å². The molecule has 0 aliphatic heterocycles. The summed E-state index contributed by atoms with van der Waals surface area (Å²) in [5.41, 5.74) is 3.28. The molecule has 0 heterocycles. The van der Waals surface area contributed by atoms with E-state index in [1.165, 1.54) is 7.11 Å². The molecule has 0 saturated heterocycles. The van der Waals surface area contributed by atoms with Gasteiger partial charge < -0.3 is 4.74 Å². The number of allylic oxidation sites excluding steroid dienone is 1. The van der Waals surface area contributed by atoms with E-state index in [1.54, 1.807) is 18.2 Å². The molecule has 1 N–H and O–H groups in total. The number of anilines is 1. The van der Waals surface area contributed by atoms with Crippen molar-refractivity contribution in [2.24, 2.45) is 0 Å². The predicted octanol–water partition coefficient (Wildman–Crippen LogP) is 4.39. The maximum absolute atomic E-state index is 12.8. The van der Waals surface area contributed by atoms with Crippen molar-refractivity contribution in [3.05, 3.63) is 63.0 Å². The molecule has 2 aromatic carbocycles. The summed E-state index contributed by atoms with van der Waals surface area (Å²) in [6, 6.07) is 11.1. The molecule has 0 fully saturated rings. The van der Waals surface area contributed by atoms with E-state index in [-0.39, 0.29) is 0 Å². The Balaban J connectivity index is 1.96. The van der Waals surface area contributed by atoms with Gasteiger partial charge in [-0.1, -0.05) is 35.9 Å². The molecule has 2 aromatic rings. The normalized spacial score (nSPS) is 13.9. The van der Waals surface area contributed by atoms with Crippen LogP contribution in [0, 0.1) is 6.92 Å². The van der Waals surface area contributed by atoms with Gasteiger partial charge in [-0.3, -0.25) is 4.72 Å². The van der Waals surface area contributed by atoms with Gasteiger partial charge in [0.1, 0.15) is 5.75 Å². The number of methoxy groups -OCH3 is 1. The lowest BCUT2D eigenvalue weighted by molar-refractivity contribution is 0.417. The molecule has 0 amide bonds. The molecule has 0 bridgehead atoms. The second kappa shape index (κ2) is 6.49. The van der Waals surface area contributed by atoms with E-state index in [1.807, 2.05) is 31.2 Å². The number of benzene rings is 2. The quantitative estimate of drug-likeness (QED) is 0.876. The summed E-state index contributed by atoms with van der Waals surface area (Å²) >= 11 is 6.07. The second-order valence-electron chi connectivity index (χ2n) is 5.72. The summed E-state index contributed by atoms with van der Waals surface area (Å²) in [7, 11) is -2.17. The zero-order chi connectivity index (χ0) is 17.3. The molecule has 0 aromatic heterocycles. The number of halogens is 1. The van der Waals surface area contributed by atoms with Crippen LogP contribution in [0.1, 0.15) is 23.1 Å². The SMILES string of the molecule is COc1cc(Cl)c(C)cc1NS(=O)(=O)C1=Cc2ccccc2CC1. The number of aryl methyl sites for hydroxylation is 2. The van der Waals surface area contributed by atoms with Gasteiger partial charge in [0.05, 0.1) is 17.7 Å². The van der Waals surface area contributed by atoms with Crippen LogP contribution in [0.5, 0.6) is 5.75 Å². The number of hydrogen-bond acceptors (Lipinski definition) is 3. The average molecular weight is 364 g/mol. The van der Waals surface area contributed by atoms with Gasteiger partial charge in [-0.05, 0) is 48.6 Å². The van der Waals surface area contributed by atoms with Gasteiger partial charge in [0.15, 0.2) is 0 Å². The molecule has 4 nitrogen and oxygen atoms in total. The minimum atomic E-state index is -3.65. The predicted molar refractivity (Wildman–Crippen MR) is 98.0 cm³/mol. The number of fused-ring (bicyclic) bond motifs is 1. The molecule has 6 heteroatoms. The van der Waals surface area contributed by atoms with Crippen LogP contribution in [-0.2, 0) is 16.4 Å². The summed E-state index contributed by atoms with van der Waals surface area (Å²) in [6.07, 6.45) is 2.91.